The monoisotopic (exact) mass is 240 g/mol. The van der Waals surface area contributed by atoms with E-state index in [1.807, 2.05) is 13.0 Å². The van der Waals surface area contributed by atoms with Crippen molar-refractivity contribution in [1.29, 1.82) is 5.26 Å². The van der Waals surface area contributed by atoms with Crippen LogP contribution in [-0.4, -0.2) is 15.5 Å². The van der Waals surface area contributed by atoms with Gasteiger partial charge in [0.2, 0.25) is 5.91 Å². The molecule has 0 saturated heterocycles. The number of nitrogens with zero attached hydrogens (tertiary/aromatic N) is 3. The quantitative estimate of drug-likeness (QED) is 0.887. The van der Waals surface area contributed by atoms with Crippen molar-refractivity contribution in [3.63, 3.8) is 0 Å². The zero-order chi connectivity index (χ0) is 13.0. The standard InChI is InChI=1S/C13H12N4O/c1-10-15-6-7-17(10)9-13(18)16-12-4-2-11(8-14)3-5-12/h2-7H,9H2,1H3,(H,16,18). The predicted molar refractivity (Wildman–Crippen MR) is 66.8 cm³/mol. The Morgan fingerprint density at radius 3 is 2.72 bits per heavy atom. The molecule has 1 aromatic carbocycles. The second-order valence-corrected chi connectivity index (χ2v) is 3.84. The van der Waals surface area contributed by atoms with Crippen LogP contribution in [0.2, 0.25) is 0 Å². The molecule has 2 rings (SSSR count). The zero-order valence-corrected chi connectivity index (χ0v) is 9.92. The van der Waals surface area contributed by atoms with Crippen LogP contribution in [0, 0.1) is 18.3 Å². The molecule has 0 saturated carbocycles. The lowest BCUT2D eigenvalue weighted by atomic mass is 10.2. The number of imidazole rings is 1. The highest BCUT2D eigenvalue weighted by Gasteiger charge is 2.05. The van der Waals surface area contributed by atoms with Crippen molar-refractivity contribution >= 4 is 11.6 Å². The van der Waals surface area contributed by atoms with Gasteiger partial charge in [-0.05, 0) is 31.2 Å². The van der Waals surface area contributed by atoms with Crippen LogP contribution in [0.1, 0.15) is 11.4 Å². The predicted octanol–water partition coefficient (Wildman–Crippen LogP) is 1.70. The highest BCUT2D eigenvalue weighted by molar-refractivity contribution is 5.90. The number of aryl methyl sites for hydroxylation is 1. The fourth-order valence-electron chi connectivity index (χ4n) is 1.55. The molecule has 0 radical (unpaired) electrons. The third kappa shape index (κ3) is 2.74. The summed E-state index contributed by atoms with van der Waals surface area (Å²) < 4.78 is 1.76. The van der Waals surface area contributed by atoms with Crippen molar-refractivity contribution in [2.24, 2.45) is 0 Å². The number of nitriles is 1. The van der Waals surface area contributed by atoms with Crippen LogP contribution in [-0.2, 0) is 11.3 Å². The summed E-state index contributed by atoms with van der Waals surface area (Å²) in [6.45, 7) is 2.07. The van der Waals surface area contributed by atoms with E-state index in [-0.39, 0.29) is 12.5 Å². The van der Waals surface area contributed by atoms with E-state index >= 15 is 0 Å². The molecule has 2 aromatic rings. The van der Waals surface area contributed by atoms with Crippen LogP contribution in [0.4, 0.5) is 5.69 Å². The number of benzene rings is 1. The van der Waals surface area contributed by atoms with Crippen molar-refractivity contribution in [1.82, 2.24) is 9.55 Å². The van der Waals surface area contributed by atoms with Crippen molar-refractivity contribution < 1.29 is 4.79 Å². The van der Waals surface area contributed by atoms with Crippen LogP contribution in [0.15, 0.2) is 36.7 Å². The van der Waals surface area contributed by atoms with Gasteiger partial charge in [0.25, 0.3) is 0 Å². The van der Waals surface area contributed by atoms with Crippen LogP contribution in [0.3, 0.4) is 0 Å². The minimum atomic E-state index is -0.124. The molecule has 0 spiro atoms. The number of aromatic nitrogens is 2. The minimum Gasteiger partial charge on any atom is -0.326 e. The molecule has 0 aliphatic heterocycles. The van der Waals surface area contributed by atoms with Crippen molar-refractivity contribution in [2.75, 3.05) is 5.32 Å². The molecule has 0 aliphatic rings. The van der Waals surface area contributed by atoms with Gasteiger partial charge in [-0.1, -0.05) is 0 Å². The molecule has 1 heterocycles. The Morgan fingerprint density at radius 2 is 2.17 bits per heavy atom. The summed E-state index contributed by atoms with van der Waals surface area (Å²) in [6.07, 6.45) is 3.41. The Hall–Kier alpha value is -2.61. The van der Waals surface area contributed by atoms with Gasteiger partial charge in [-0.15, -0.1) is 0 Å². The molecule has 18 heavy (non-hydrogen) atoms. The minimum absolute atomic E-state index is 0.124. The molecular formula is C13H12N4O. The lowest BCUT2D eigenvalue weighted by Crippen LogP contribution is -2.19. The lowest BCUT2D eigenvalue weighted by molar-refractivity contribution is -0.116. The van der Waals surface area contributed by atoms with E-state index in [0.717, 1.165) is 5.82 Å². The van der Waals surface area contributed by atoms with Gasteiger partial charge in [-0.3, -0.25) is 4.79 Å². The molecule has 90 valence electrons. The van der Waals surface area contributed by atoms with Gasteiger partial charge in [0, 0.05) is 18.1 Å². The Balaban J connectivity index is 1.99. The van der Waals surface area contributed by atoms with E-state index in [2.05, 4.69) is 10.3 Å². The summed E-state index contributed by atoms with van der Waals surface area (Å²) in [5.74, 6) is 0.672. The van der Waals surface area contributed by atoms with E-state index in [4.69, 9.17) is 5.26 Å². The first-order chi connectivity index (χ1) is 8.69. The molecule has 0 aliphatic carbocycles. The molecule has 0 bridgehead atoms. The Morgan fingerprint density at radius 1 is 1.44 bits per heavy atom. The Kier molecular flexibility index (Phi) is 3.39. The number of amides is 1. The van der Waals surface area contributed by atoms with Crippen molar-refractivity contribution in [2.45, 2.75) is 13.5 Å². The molecule has 0 unspecified atom stereocenters. The summed E-state index contributed by atoms with van der Waals surface area (Å²) in [4.78, 5) is 15.8. The topological polar surface area (TPSA) is 70.7 Å². The fraction of sp³-hybridized carbons (Fsp3) is 0.154. The average Bonchev–Trinajstić information content (AvgIpc) is 2.76. The number of carbonyl (C=O) groups is 1. The average molecular weight is 240 g/mol. The molecule has 1 N–H and O–H groups in total. The molecule has 5 heteroatoms. The van der Waals surface area contributed by atoms with E-state index in [1.165, 1.54) is 0 Å². The highest BCUT2D eigenvalue weighted by atomic mass is 16.1. The second kappa shape index (κ2) is 5.15. The smallest absolute Gasteiger partial charge is 0.244 e. The van der Waals surface area contributed by atoms with Gasteiger partial charge in [0.15, 0.2) is 0 Å². The van der Waals surface area contributed by atoms with Gasteiger partial charge in [-0.25, -0.2) is 4.98 Å². The highest BCUT2D eigenvalue weighted by Crippen LogP contribution is 2.09. The summed E-state index contributed by atoms with van der Waals surface area (Å²) in [6, 6.07) is 8.77. The molecule has 0 atom stereocenters. The van der Waals surface area contributed by atoms with Crippen molar-refractivity contribution in [3.8, 4) is 6.07 Å². The number of carbonyl (C=O) groups excluding carboxylic acids is 1. The molecule has 5 nitrogen and oxygen atoms in total. The number of rotatable bonds is 3. The number of hydrogen-bond donors (Lipinski definition) is 1. The van der Waals surface area contributed by atoms with Crippen LogP contribution in [0.5, 0.6) is 0 Å². The van der Waals surface area contributed by atoms with Gasteiger partial charge in [0.05, 0.1) is 11.6 Å². The van der Waals surface area contributed by atoms with Crippen LogP contribution < -0.4 is 5.32 Å². The van der Waals surface area contributed by atoms with E-state index in [1.54, 1.807) is 41.2 Å². The summed E-state index contributed by atoms with van der Waals surface area (Å²) in [7, 11) is 0. The van der Waals surface area contributed by atoms with Gasteiger partial charge >= 0.3 is 0 Å². The maximum Gasteiger partial charge on any atom is 0.244 e. The third-order valence-corrected chi connectivity index (χ3v) is 2.54. The normalized spacial score (nSPS) is 9.78. The summed E-state index contributed by atoms with van der Waals surface area (Å²) >= 11 is 0. The van der Waals surface area contributed by atoms with Gasteiger partial charge in [0.1, 0.15) is 12.4 Å². The first-order valence-corrected chi connectivity index (χ1v) is 5.47. The number of hydrogen-bond acceptors (Lipinski definition) is 3. The maximum atomic E-state index is 11.8. The Bertz CT molecular complexity index is 592. The Labute approximate surface area is 105 Å². The van der Waals surface area contributed by atoms with E-state index in [0.29, 0.717) is 11.3 Å². The largest absolute Gasteiger partial charge is 0.326 e. The third-order valence-electron chi connectivity index (χ3n) is 2.54. The molecule has 1 aromatic heterocycles. The maximum absolute atomic E-state index is 11.8. The molecular weight excluding hydrogens is 228 g/mol. The first-order valence-electron chi connectivity index (χ1n) is 5.47. The SMILES string of the molecule is Cc1nccn1CC(=O)Nc1ccc(C#N)cc1. The van der Waals surface area contributed by atoms with Crippen LogP contribution in [0.25, 0.3) is 0 Å². The number of anilines is 1. The van der Waals surface area contributed by atoms with E-state index in [9.17, 15) is 4.79 Å². The summed E-state index contributed by atoms with van der Waals surface area (Å²) in [5.41, 5.74) is 1.25. The molecule has 1 amide bonds. The van der Waals surface area contributed by atoms with E-state index < -0.39 is 0 Å². The van der Waals surface area contributed by atoms with Gasteiger partial charge in [-0.2, -0.15) is 5.26 Å². The zero-order valence-electron chi connectivity index (χ0n) is 9.92. The first kappa shape index (κ1) is 11.9. The van der Waals surface area contributed by atoms with Crippen LogP contribution >= 0.6 is 0 Å². The van der Waals surface area contributed by atoms with Crippen molar-refractivity contribution in [3.05, 3.63) is 48.0 Å². The number of nitrogens with one attached hydrogen (secondary N) is 1. The second-order valence-electron chi connectivity index (χ2n) is 3.84. The fourth-order valence-corrected chi connectivity index (χ4v) is 1.55. The van der Waals surface area contributed by atoms with Gasteiger partial charge < -0.3 is 9.88 Å². The molecule has 0 fully saturated rings. The summed E-state index contributed by atoms with van der Waals surface area (Å²) in [5, 5.41) is 11.4. The lowest BCUT2D eigenvalue weighted by Gasteiger charge is -2.07.